The van der Waals surface area contributed by atoms with Crippen molar-refractivity contribution in [1.82, 2.24) is 5.32 Å². The third-order valence-electron chi connectivity index (χ3n) is 2.06. The molecule has 7 N–H and O–H groups in total. The number of nitrogens with one attached hydrogen (secondary N) is 1. The standard InChI is InChI=1S/C9H21N3O3/c10-5-1-3-7(11)4-2-6-12-8(13)9(14)15/h7,9,14-15H,1-6,10-11H2,(H,12,13). The Morgan fingerprint density at radius 2 is 1.87 bits per heavy atom. The highest BCUT2D eigenvalue weighted by Crippen LogP contribution is 2.00. The molecule has 0 heterocycles. The van der Waals surface area contributed by atoms with Crippen LogP contribution in [0.15, 0.2) is 0 Å². The predicted molar refractivity (Wildman–Crippen MR) is 56.7 cm³/mol. The second-order valence-electron chi connectivity index (χ2n) is 3.50. The number of rotatable bonds is 8. The fraction of sp³-hybridized carbons (Fsp3) is 0.889. The van der Waals surface area contributed by atoms with Crippen LogP contribution >= 0.6 is 0 Å². The summed E-state index contributed by atoms with van der Waals surface area (Å²) in [6.07, 6.45) is 1.37. The largest absolute Gasteiger partial charge is 0.361 e. The summed E-state index contributed by atoms with van der Waals surface area (Å²) in [5.74, 6) is -0.773. The van der Waals surface area contributed by atoms with Crippen LogP contribution in [0.1, 0.15) is 25.7 Å². The molecule has 0 bridgehead atoms. The van der Waals surface area contributed by atoms with E-state index in [-0.39, 0.29) is 6.04 Å². The lowest BCUT2D eigenvalue weighted by Gasteiger charge is -2.11. The van der Waals surface area contributed by atoms with E-state index in [0.717, 1.165) is 25.7 Å². The van der Waals surface area contributed by atoms with Gasteiger partial charge in [0, 0.05) is 12.6 Å². The molecule has 0 aromatic carbocycles. The summed E-state index contributed by atoms with van der Waals surface area (Å²) < 4.78 is 0. The molecule has 1 amide bonds. The van der Waals surface area contributed by atoms with Gasteiger partial charge in [-0.3, -0.25) is 4.79 Å². The number of aliphatic hydroxyl groups excluding tert-OH is 1. The first-order valence-electron chi connectivity index (χ1n) is 5.17. The van der Waals surface area contributed by atoms with E-state index in [2.05, 4.69) is 5.32 Å². The molecule has 0 aliphatic carbocycles. The highest BCUT2D eigenvalue weighted by atomic mass is 16.5. The van der Waals surface area contributed by atoms with Gasteiger partial charge in [0.1, 0.15) is 0 Å². The van der Waals surface area contributed by atoms with Crippen LogP contribution < -0.4 is 16.8 Å². The van der Waals surface area contributed by atoms with Gasteiger partial charge in [0.15, 0.2) is 0 Å². The van der Waals surface area contributed by atoms with Crippen molar-refractivity contribution >= 4 is 5.91 Å². The predicted octanol–water partition coefficient (Wildman–Crippen LogP) is -1.74. The third kappa shape index (κ3) is 8.31. The molecule has 0 rings (SSSR count). The molecule has 6 heteroatoms. The third-order valence-corrected chi connectivity index (χ3v) is 2.06. The summed E-state index contributed by atoms with van der Waals surface area (Å²) in [4.78, 5) is 10.7. The summed E-state index contributed by atoms with van der Waals surface area (Å²) in [6, 6.07) is 0.101. The van der Waals surface area contributed by atoms with Gasteiger partial charge < -0.3 is 27.0 Å². The van der Waals surface area contributed by atoms with Crippen molar-refractivity contribution in [2.45, 2.75) is 38.0 Å². The van der Waals surface area contributed by atoms with E-state index in [1.54, 1.807) is 0 Å². The average molecular weight is 219 g/mol. The van der Waals surface area contributed by atoms with Gasteiger partial charge in [0.05, 0.1) is 0 Å². The molecule has 15 heavy (non-hydrogen) atoms. The van der Waals surface area contributed by atoms with E-state index < -0.39 is 12.2 Å². The van der Waals surface area contributed by atoms with Gasteiger partial charge in [-0.25, -0.2) is 0 Å². The number of hydrogen-bond donors (Lipinski definition) is 5. The maximum Gasteiger partial charge on any atom is 0.276 e. The van der Waals surface area contributed by atoms with Crippen LogP contribution in [0.2, 0.25) is 0 Å². The minimum absolute atomic E-state index is 0.101. The molecule has 0 saturated heterocycles. The lowest BCUT2D eigenvalue weighted by atomic mass is 10.1. The molecule has 0 radical (unpaired) electrons. The van der Waals surface area contributed by atoms with Crippen LogP contribution in [-0.2, 0) is 4.79 Å². The molecule has 0 aromatic rings. The van der Waals surface area contributed by atoms with Crippen molar-refractivity contribution in [3.63, 3.8) is 0 Å². The highest BCUT2D eigenvalue weighted by Gasteiger charge is 2.09. The Hall–Kier alpha value is -0.690. The van der Waals surface area contributed by atoms with Gasteiger partial charge in [0.25, 0.3) is 5.91 Å². The van der Waals surface area contributed by atoms with Crippen LogP contribution in [0.4, 0.5) is 0 Å². The van der Waals surface area contributed by atoms with E-state index in [1.165, 1.54) is 0 Å². The number of amides is 1. The Balaban J connectivity index is 3.34. The fourth-order valence-corrected chi connectivity index (χ4v) is 1.19. The summed E-state index contributed by atoms with van der Waals surface area (Å²) >= 11 is 0. The molecular formula is C9H21N3O3. The number of nitrogens with two attached hydrogens (primary N) is 2. The summed E-state index contributed by atoms with van der Waals surface area (Å²) in [6.45, 7) is 1.05. The normalized spacial score (nSPS) is 12.9. The minimum atomic E-state index is -1.93. The van der Waals surface area contributed by atoms with Crippen molar-refractivity contribution < 1.29 is 15.0 Å². The Bertz CT molecular complexity index is 176. The highest BCUT2D eigenvalue weighted by molar-refractivity contribution is 5.78. The zero-order valence-electron chi connectivity index (χ0n) is 8.85. The van der Waals surface area contributed by atoms with E-state index in [1.807, 2.05) is 0 Å². The van der Waals surface area contributed by atoms with E-state index in [9.17, 15) is 4.79 Å². The van der Waals surface area contributed by atoms with Crippen LogP contribution in [0.25, 0.3) is 0 Å². The number of carbonyl (C=O) groups is 1. The number of aliphatic hydroxyl groups is 2. The zero-order chi connectivity index (χ0) is 11.7. The smallest absolute Gasteiger partial charge is 0.276 e. The molecule has 0 aliphatic rings. The molecule has 1 atom stereocenters. The molecule has 90 valence electrons. The quantitative estimate of drug-likeness (QED) is 0.245. The maximum atomic E-state index is 10.7. The van der Waals surface area contributed by atoms with Gasteiger partial charge in [-0.2, -0.15) is 0 Å². The topological polar surface area (TPSA) is 122 Å². The Kier molecular flexibility index (Phi) is 8.21. The van der Waals surface area contributed by atoms with Crippen molar-refractivity contribution in [2.75, 3.05) is 13.1 Å². The maximum absolute atomic E-state index is 10.7. The monoisotopic (exact) mass is 219 g/mol. The Morgan fingerprint density at radius 3 is 2.40 bits per heavy atom. The van der Waals surface area contributed by atoms with Crippen molar-refractivity contribution in [3.05, 3.63) is 0 Å². The molecule has 0 aromatic heterocycles. The van der Waals surface area contributed by atoms with Gasteiger partial charge in [-0.15, -0.1) is 0 Å². The molecule has 6 nitrogen and oxygen atoms in total. The van der Waals surface area contributed by atoms with Crippen molar-refractivity contribution in [3.8, 4) is 0 Å². The SMILES string of the molecule is NCCCC(N)CCCNC(=O)C(O)O. The second kappa shape index (κ2) is 8.60. The van der Waals surface area contributed by atoms with Gasteiger partial charge in [-0.05, 0) is 32.2 Å². The summed E-state index contributed by atoms with van der Waals surface area (Å²) in [7, 11) is 0. The molecule has 0 aliphatic heterocycles. The Morgan fingerprint density at radius 1 is 1.27 bits per heavy atom. The van der Waals surface area contributed by atoms with Crippen molar-refractivity contribution in [1.29, 1.82) is 0 Å². The van der Waals surface area contributed by atoms with E-state index >= 15 is 0 Å². The van der Waals surface area contributed by atoms with Crippen molar-refractivity contribution in [2.24, 2.45) is 11.5 Å². The van der Waals surface area contributed by atoms with Gasteiger partial charge in [-0.1, -0.05) is 0 Å². The molecule has 0 spiro atoms. The van der Waals surface area contributed by atoms with E-state index in [4.69, 9.17) is 21.7 Å². The lowest BCUT2D eigenvalue weighted by molar-refractivity contribution is -0.147. The Labute approximate surface area is 89.6 Å². The number of hydrogen-bond acceptors (Lipinski definition) is 5. The first-order chi connectivity index (χ1) is 7.07. The zero-order valence-corrected chi connectivity index (χ0v) is 8.85. The van der Waals surface area contributed by atoms with Crippen LogP contribution in [0, 0.1) is 0 Å². The van der Waals surface area contributed by atoms with Crippen LogP contribution in [-0.4, -0.2) is 41.5 Å². The van der Waals surface area contributed by atoms with E-state index in [0.29, 0.717) is 13.1 Å². The molecular weight excluding hydrogens is 198 g/mol. The summed E-state index contributed by atoms with van der Waals surface area (Å²) in [5.41, 5.74) is 11.1. The van der Waals surface area contributed by atoms with Crippen LogP contribution in [0.3, 0.4) is 0 Å². The lowest BCUT2D eigenvalue weighted by Crippen LogP contribution is -2.35. The molecule has 1 unspecified atom stereocenters. The van der Waals surface area contributed by atoms with Crippen LogP contribution in [0.5, 0.6) is 0 Å². The first kappa shape index (κ1) is 14.3. The summed E-state index contributed by atoms with van der Waals surface area (Å²) in [5, 5.41) is 19.3. The van der Waals surface area contributed by atoms with Gasteiger partial charge >= 0.3 is 0 Å². The fourth-order valence-electron chi connectivity index (χ4n) is 1.19. The number of carbonyl (C=O) groups excluding carboxylic acids is 1. The first-order valence-corrected chi connectivity index (χ1v) is 5.17. The van der Waals surface area contributed by atoms with Gasteiger partial charge in [0.2, 0.25) is 6.29 Å². The minimum Gasteiger partial charge on any atom is -0.361 e. The molecule has 0 fully saturated rings. The second-order valence-corrected chi connectivity index (χ2v) is 3.50. The molecule has 0 saturated carbocycles. The average Bonchev–Trinajstić information content (AvgIpc) is 2.20.